The molecule has 1 rings (SSSR count). The maximum atomic E-state index is 7.57. The molecule has 1 aliphatic heterocycles. The average molecular weight is 226 g/mol. The molecule has 0 aromatic heterocycles. The molecule has 0 aromatic carbocycles. The van der Waals surface area contributed by atoms with Gasteiger partial charge in [-0.25, -0.2) is 0 Å². The van der Waals surface area contributed by atoms with Gasteiger partial charge in [0.15, 0.2) is 0 Å². The highest BCUT2D eigenvalue weighted by atomic mass is 15.2. The summed E-state index contributed by atoms with van der Waals surface area (Å²) in [6, 6.07) is 0.766. The first-order valence-electron chi connectivity index (χ1n) is 6.38. The third kappa shape index (κ3) is 3.19. The van der Waals surface area contributed by atoms with Crippen LogP contribution in [0.2, 0.25) is 0 Å². The Kier molecular flexibility index (Phi) is 5.22. The van der Waals surface area contributed by atoms with E-state index in [1.54, 1.807) is 0 Å². The molecule has 0 amide bonds. The van der Waals surface area contributed by atoms with Gasteiger partial charge in [0.1, 0.15) is 5.84 Å². The van der Waals surface area contributed by atoms with Crippen molar-refractivity contribution in [3.05, 3.63) is 0 Å². The zero-order valence-corrected chi connectivity index (χ0v) is 10.9. The first-order chi connectivity index (χ1) is 7.60. The summed E-state index contributed by atoms with van der Waals surface area (Å²) >= 11 is 0. The first-order valence-corrected chi connectivity index (χ1v) is 6.38. The Labute approximate surface area is 99.3 Å². The van der Waals surface area contributed by atoms with Crippen molar-refractivity contribution in [2.75, 3.05) is 26.7 Å². The van der Waals surface area contributed by atoms with Crippen LogP contribution in [0.15, 0.2) is 0 Å². The predicted octanol–water partition coefficient (Wildman–Crippen LogP) is 1.12. The molecule has 4 heteroatoms. The lowest BCUT2D eigenvalue weighted by Gasteiger charge is -2.32. The van der Waals surface area contributed by atoms with Gasteiger partial charge in [-0.05, 0) is 39.4 Å². The lowest BCUT2D eigenvalue weighted by atomic mass is 10.1. The first kappa shape index (κ1) is 13.5. The van der Waals surface area contributed by atoms with Crippen molar-refractivity contribution in [2.24, 2.45) is 5.73 Å². The van der Waals surface area contributed by atoms with Gasteiger partial charge in [0.25, 0.3) is 0 Å². The molecule has 1 heterocycles. The van der Waals surface area contributed by atoms with Crippen molar-refractivity contribution >= 4 is 5.84 Å². The molecule has 2 unspecified atom stereocenters. The van der Waals surface area contributed by atoms with Crippen molar-refractivity contribution in [2.45, 2.75) is 45.2 Å². The van der Waals surface area contributed by atoms with Gasteiger partial charge >= 0.3 is 0 Å². The molecule has 1 fully saturated rings. The van der Waals surface area contributed by atoms with E-state index in [9.17, 15) is 0 Å². The minimum atomic E-state index is 0.110. The molecule has 0 aliphatic carbocycles. The number of likely N-dealkylation sites (N-methyl/N-ethyl adjacent to an activating group) is 2. The van der Waals surface area contributed by atoms with Crippen LogP contribution in [-0.2, 0) is 0 Å². The quantitative estimate of drug-likeness (QED) is 0.527. The van der Waals surface area contributed by atoms with E-state index in [2.05, 4.69) is 30.7 Å². The van der Waals surface area contributed by atoms with Crippen LogP contribution in [0.3, 0.4) is 0 Å². The molecule has 16 heavy (non-hydrogen) atoms. The smallest absolute Gasteiger partial charge is 0.108 e. The largest absolute Gasteiger partial charge is 0.386 e. The number of nitrogens with zero attached hydrogens (tertiary/aromatic N) is 2. The van der Waals surface area contributed by atoms with Gasteiger partial charge in [0.05, 0.1) is 6.04 Å². The Morgan fingerprint density at radius 1 is 1.56 bits per heavy atom. The van der Waals surface area contributed by atoms with Crippen molar-refractivity contribution < 1.29 is 0 Å². The topological polar surface area (TPSA) is 56.4 Å². The third-order valence-electron chi connectivity index (χ3n) is 3.68. The van der Waals surface area contributed by atoms with E-state index >= 15 is 0 Å². The standard InChI is InChI=1S/C12H26N4/c1-4-11(12(13)14)15(3)9-10-7-6-8-16(10)5-2/h10-11H,4-9H2,1-3H3,(H3,13,14). The van der Waals surface area contributed by atoms with Crippen LogP contribution >= 0.6 is 0 Å². The molecular formula is C12H26N4. The Bertz CT molecular complexity index is 229. The molecule has 0 spiro atoms. The van der Waals surface area contributed by atoms with Crippen LogP contribution in [0.25, 0.3) is 0 Å². The maximum Gasteiger partial charge on any atom is 0.108 e. The van der Waals surface area contributed by atoms with Gasteiger partial charge < -0.3 is 5.73 Å². The Balaban J connectivity index is 2.49. The second-order valence-electron chi connectivity index (χ2n) is 4.74. The normalized spacial score (nSPS) is 23.9. The van der Waals surface area contributed by atoms with Crippen LogP contribution < -0.4 is 5.73 Å². The monoisotopic (exact) mass is 226 g/mol. The Morgan fingerprint density at radius 3 is 2.75 bits per heavy atom. The number of nitrogens with one attached hydrogen (secondary N) is 1. The second-order valence-corrected chi connectivity index (χ2v) is 4.74. The molecule has 1 aliphatic rings. The van der Waals surface area contributed by atoms with E-state index in [0.717, 1.165) is 19.5 Å². The molecular weight excluding hydrogens is 200 g/mol. The van der Waals surface area contributed by atoms with E-state index in [1.807, 2.05) is 0 Å². The highest BCUT2D eigenvalue weighted by Gasteiger charge is 2.26. The predicted molar refractivity (Wildman–Crippen MR) is 68.9 cm³/mol. The van der Waals surface area contributed by atoms with Crippen LogP contribution in [0.1, 0.15) is 33.1 Å². The highest BCUT2D eigenvalue weighted by Crippen LogP contribution is 2.18. The van der Waals surface area contributed by atoms with Crippen LogP contribution in [0, 0.1) is 5.41 Å². The molecule has 4 nitrogen and oxygen atoms in total. The number of nitrogens with two attached hydrogens (primary N) is 1. The summed E-state index contributed by atoms with van der Waals surface area (Å²) < 4.78 is 0. The summed E-state index contributed by atoms with van der Waals surface area (Å²) in [5.74, 6) is 0.297. The van der Waals surface area contributed by atoms with Crippen molar-refractivity contribution in [3.8, 4) is 0 Å². The molecule has 0 bridgehead atoms. The summed E-state index contributed by atoms with van der Waals surface area (Å²) in [5.41, 5.74) is 5.62. The van der Waals surface area contributed by atoms with Crippen LogP contribution in [0.4, 0.5) is 0 Å². The number of likely N-dealkylation sites (tertiary alicyclic amines) is 1. The van der Waals surface area contributed by atoms with Gasteiger partial charge in [-0.2, -0.15) is 0 Å². The Hall–Kier alpha value is -0.610. The molecule has 0 saturated carbocycles. The van der Waals surface area contributed by atoms with Crippen LogP contribution in [-0.4, -0.2) is 54.4 Å². The zero-order valence-electron chi connectivity index (χ0n) is 10.9. The average Bonchev–Trinajstić information content (AvgIpc) is 2.65. The van der Waals surface area contributed by atoms with E-state index in [0.29, 0.717) is 11.9 Å². The van der Waals surface area contributed by atoms with Gasteiger partial charge in [-0.15, -0.1) is 0 Å². The van der Waals surface area contributed by atoms with Crippen molar-refractivity contribution in [3.63, 3.8) is 0 Å². The Morgan fingerprint density at radius 2 is 2.25 bits per heavy atom. The van der Waals surface area contributed by atoms with Gasteiger partial charge in [0, 0.05) is 12.6 Å². The number of rotatable bonds is 6. The molecule has 0 aromatic rings. The van der Waals surface area contributed by atoms with Crippen molar-refractivity contribution in [1.82, 2.24) is 9.80 Å². The van der Waals surface area contributed by atoms with E-state index in [-0.39, 0.29) is 6.04 Å². The maximum absolute atomic E-state index is 7.57. The fraction of sp³-hybridized carbons (Fsp3) is 0.917. The van der Waals surface area contributed by atoms with Gasteiger partial charge in [0.2, 0.25) is 0 Å². The molecule has 94 valence electrons. The number of hydrogen-bond donors (Lipinski definition) is 2. The summed E-state index contributed by atoms with van der Waals surface area (Å²) in [5, 5.41) is 7.57. The molecule has 1 saturated heterocycles. The van der Waals surface area contributed by atoms with Gasteiger partial charge in [-0.3, -0.25) is 15.2 Å². The minimum absolute atomic E-state index is 0.110. The number of hydrogen-bond acceptors (Lipinski definition) is 3. The third-order valence-corrected chi connectivity index (χ3v) is 3.68. The minimum Gasteiger partial charge on any atom is -0.386 e. The summed E-state index contributed by atoms with van der Waals surface area (Å²) in [4.78, 5) is 4.77. The molecule has 2 atom stereocenters. The van der Waals surface area contributed by atoms with Gasteiger partial charge in [-0.1, -0.05) is 13.8 Å². The van der Waals surface area contributed by atoms with E-state index < -0.39 is 0 Å². The summed E-state index contributed by atoms with van der Waals surface area (Å²) in [7, 11) is 2.09. The second kappa shape index (κ2) is 6.21. The van der Waals surface area contributed by atoms with Crippen molar-refractivity contribution in [1.29, 1.82) is 5.41 Å². The van der Waals surface area contributed by atoms with E-state index in [1.165, 1.54) is 19.4 Å². The molecule has 3 N–H and O–H groups in total. The highest BCUT2D eigenvalue weighted by molar-refractivity contribution is 5.82. The zero-order chi connectivity index (χ0) is 12.1. The summed E-state index contributed by atoms with van der Waals surface area (Å²) in [6.07, 6.45) is 3.51. The summed E-state index contributed by atoms with van der Waals surface area (Å²) in [6.45, 7) is 7.71. The lowest BCUT2D eigenvalue weighted by Crippen LogP contribution is -2.47. The van der Waals surface area contributed by atoms with Crippen LogP contribution in [0.5, 0.6) is 0 Å². The lowest BCUT2D eigenvalue weighted by molar-refractivity contribution is 0.183. The SMILES string of the molecule is CCC(C(=N)N)N(C)CC1CCCN1CC. The molecule has 0 radical (unpaired) electrons. The fourth-order valence-electron chi connectivity index (χ4n) is 2.75. The number of amidine groups is 1. The fourth-order valence-corrected chi connectivity index (χ4v) is 2.75. The van der Waals surface area contributed by atoms with E-state index in [4.69, 9.17) is 11.1 Å².